The summed E-state index contributed by atoms with van der Waals surface area (Å²) in [7, 11) is 0. The number of fused-ring (bicyclic) bond motifs is 1. The Bertz CT molecular complexity index is 893. The largest absolute Gasteiger partial charge is 0.454 e. The molecule has 0 unspecified atom stereocenters. The second kappa shape index (κ2) is 6.04. The van der Waals surface area contributed by atoms with Crippen LogP contribution in [0.5, 0.6) is 11.5 Å². The van der Waals surface area contributed by atoms with Gasteiger partial charge in [-0.1, -0.05) is 0 Å². The molecule has 0 amide bonds. The second-order valence-corrected chi connectivity index (χ2v) is 4.59. The molecule has 0 fully saturated rings. The number of aromatic nitrogens is 5. The van der Waals surface area contributed by atoms with Gasteiger partial charge in [-0.3, -0.25) is 20.3 Å². The van der Waals surface area contributed by atoms with E-state index in [2.05, 4.69) is 30.7 Å². The highest BCUT2D eigenvalue weighted by Gasteiger charge is 2.21. The molecule has 0 aliphatic carbocycles. The quantitative estimate of drug-likeness (QED) is 0.478. The van der Waals surface area contributed by atoms with Gasteiger partial charge >= 0.3 is 5.69 Å². The fourth-order valence-corrected chi connectivity index (χ4v) is 2.13. The van der Waals surface area contributed by atoms with Gasteiger partial charge in [0, 0.05) is 11.8 Å². The zero-order valence-corrected chi connectivity index (χ0v) is 12.7. The molecule has 12 heteroatoms. The van der Waals surface area contributed by atoms with E-state index in [4.69, 9.17) is 9.47 Å². The number of H-pyrrole nitrogens is 2. The van der Waals surface area contributed by atoms with Crippen molar-refractivity contribution in [2.75, 3.05) is 12.1 Å². The normalized spacial score (nSPS) is 11.8. The van der Waals surface area contributed by atoms with E-state index >= 15 is 0 Å². The number of benzene rings is 1. The van der Waals surface area contributed by atoms with Crippen LogP contribution in [0.25, 0.3) is 11.5 Å². The van der Waals surface area contributed by atoms with Crippen LogP contribution in [-0.2, 0) is 0 Å². The fraction of sp³-hybridized carbons (Fsp3) is 0.0833. The van der Waals surface area contributed by atoms with Crippen LogP contribution in [0.3, 0.4) is 0 Å². The smallest absolute Gasteiger partial charge is 0.317 e. The maximum absolute atomic E-state index is 10.9. The highest BCUT2D eigenvalue weighted by molar-refractivity contribution is 5.85. The van der Waals surface area contributed by atoms with Gasteiger partial charge in [0.25, 0.3) is 0 Å². The molecule has 4 rings (SSSR count). The molecule has 1 aliphatic rings. The predicted molar refractivity (Wildman–Crippen MR) is 83.7 cm³/mol. The molecule has 0 spiro atoms. The number of rotatable bonds is 4. The summed E-state index contributed by atoms with van der Waals surface area (Å²) in [6.45, 7) is 0.188. The molecule has 0 atom stereocenters. The van der Waals surface area contributed by atoms with E-state index in [0.717, 1.165) is 6.20 Å². The van der Waals surface area contributed by atoms with Gasteiger partial charge in [0.15, 0.2) is 23.0 Å². The van der Waals surface area contributed by atoms with Crippen molar-refractivity contribution in [3.05, 3.63) is 34.5 Å². The molecule has 0 saturated carbocycles. The SMILES string of the molecule is Cl.O=[N+]([O-])c1cn[nH]c1-c1nc(Nc2ccc3c(c2)OCO3)n[nH]1. The van der Waals surface area contributed by atoms with Gasteiger partial charge in [-0.15, -0.1) is 17.5 Å². The van der Waals surface area contributed by atoms with Crippen molar-refractivity contribution in [3.63, 3.8) is 0 Å². The lowest BCUT2D eigenvalue weighted by Crippen LogP contribution is -1.93. The fourth-order valence-electron chi connectivity index (χ4n) is 2.13. The number of halogens is 1. The molecular formula is C12H10ClN7O4. The van der Waals surface area contributed by atoms with Crippen LogP contribution in [0.4, 0.5) is 17.3 Å². The minimum Gasteiger partial charge on any atom is -0.454 e. The van der Waals surface area contributed by atoms with Crippen LogP contribution in [-0.4, -0.2) is 37.1 Å². The number of aromatic amines is 2. The number of hydrogen-bond acceptors (Lipinski definition) is 8. The molecule has 2 aromatic heterocycles. The molecule has 11 nitrogen and oxygen atoms in total. The van der Waals surface area contributed by atoms with E-state index in [-0.39, 0.29) is 42.4 Å². The van der Waals surface area contributed by atoms with Gasteiger partial charge < -0.3 is 14.8 Å². The molecule has 124 valence electrons. The van der Waals surface area contributed by atoms with Crippen molar-refractivity contribution in [2.45, 2.75) is 0 Å². The van der Waals surface area contributed by atoms with Crippen LogP contribution < -0.4 is 14.8 Å². The van der Waals surface area contributed by atoms with E-state index in [9.17, 15) is 10.1 Å². The maximum Gasteiger partial charge on any atom is 0.317 e. The average molecular weight is 352 g/mol. The van der Waals surface area contributed by atoms with Crippen molar-refractivity contribution in [1.29, 1.82) is 0 Å². The van der Waals surface area contributed by atoms with Crippen LogP contribution in [0.2, 0.25) is 0 Å². The number of ether oxygens (including phenoxy) is 2. The Kier molecular flexibility index (Phi) is 3.92. The summed E-state index contributed by atoms with van der Waals surface area (Å²) in [5.74, 6) is 1.74. The molecule has 1 aromatic carbocycles. The average Bonchev–Trinajstić information content (AvgIpc) is 3.26. The van der Waals surface area contributed by atoms with E-state index in [1.54, 1.807) is 18.2 Å². The van der Waals surface area contributed by atoms with Crippen molar-refractivity contribution in [2.24, 2.45) is 0 Å². The number of nitrogens with one attached hydrogen (secondary N) is 3. The second-order valence-electron chi connectivity index (χ2n) is 4.59. The first-order valence-corrected chi connectivity index (χ1v) is 6.48. The van der Waals surface area contributed by atoms with Crippen LogP contribution in [0.1, 0.15) is 0 Å². The Morgan fingerprint density at radius 1 is 1.25 bits per heavy atom. The molecule has 3 aromatic rings. The summed E-state index contributed by atoms with van der Waals surface area (Å²) < 4.78 is 10.5. The third kappa shape index (κ3) is 2.67. The summed E-state index contributed by atoms with van der Waals surface area (Å²) in [6, 6.07) is 5.29. The van der Waals surface area contributed by atoms with Crippen molar-refractivity contribution in [1.82, 2.24) is 25.4 Å². The highest BCUT2D eigenvalue weighted by Crippen LogP contribution is 2.35. The first-order chi connectivity index (χ1) is 11.2. The highest BCUT2D eigenvalue weighted by atomic mass is 35.5. The standard InChI is InChI=1S/C12H9N7O4.ClH/c20-19(21)7-4-13-16-10(7)11-15-12(18-17-11)14-6-1-2-8-9(3-6)23-5-22-8;/h1-4H,5H2,(H,13,16)(H2,14,15,17,18);1H. The van der Waals surface area contributed by atoms with E-state index in [1.165, 1.54) is 0 Å². The molecule has 24 heavy (non-hydrogen) atoms. The Labute approximate surface area is 140 Å². The van der Waals surface area contributed by atoms with Crippen molar-refractivity contribution in [3.8, 4) is 23.0 Å². The van der Waals surface area contributed by atoms with E-state index in [1.807, 2.05) is 0 Å². The minimum atomic E-state index is -0.549. The van der Waals surface area contributed by atoms with Gasteiger partial charge in [-0.25, -0.2) is 0 Å². The van der Waals surface area contributed by atoms with Gasteiger partial charge in [0.05, 0.1) is 4.92 Å². The summed E-state index contributed by atoms with van der Waals surface area (Å²) in [6.07, 6.45) is 1.11. The lowest BCUT2D eigenvalue weighted by molar-refractivity contribution is -0.384. The lowest BCUT2D eigenvalue weighted by atomic mass is 10.3. The zero-order valence-electron chi connectivity index (χ0n) is 11.8. The molecule has 3 N–H and O–H groups in total. The van der Waals surface area contributed by atoms with Crippen LogP contribution >= 0.6 is 12.4 Å². The Hall–Kier alpha value is -3.34. The van der Waals surface area contributed by atoms with Crippen LogP contribution in [0.15, 0.2) is 24.4 Å². The summed E-state index contributed by atoms with van der Waals surface area (Å²) in [4.78, 5) is 14.5. The number of hydrogen-bond donors (Lipinski definition) is 3. The third-order valence-corrected chi connectivity index (χ3v) is 3.17. The lowest BCUT2D eigenvalue weighted by Gasteiger charge is -2.02. The topological polar surface area (TPSA) is 144 Å². The zero-order chi connectivity index (χ0) is 15.8. The van der Waals surface area contributed by atoms with Gasteiger partial charge in [0.1, 0.15) is 6.20 Å². The minimum absolute atomic E-state index is 0. The molecule has 0 saturated heterocycles. The molecule has 0 bridgehead atoms. The Morgan fingerprint density at radius 2 is 2.08 bits per heavy atom. The number of nitrogens with zero attached hydrogens (tertiary/aromatic N) is 4. The molecule has 1 aliphatic heterocycles. The van der Waals surface area contributed by atoms with Crippen LogP contribution in [0, 0.1) is 10.1 Å². The predicted octanol–water partition coefficient (Wildman–Crippen LogP) is 2.00. The van der Waals surface area contributed by atoms with E-state index < -0.39 is 4.92 Å². The monoisotopic (exact) mass is 351 g/mol. The number of anilines is 2. The summed E-state index contributed by atoms with van der Waals surface area (Å²) in [5.41, 5.74) is 0.663. The van der Waals surface area contributed by atoms with Crippen molar-refractivity contribution >= 4 is 29.7 Å². The first kappa shape index (κ1) is 15.6. The molecule has 3 heterocycles. The molecule has 0 radical (unpaired) electrons. The summed E-state index contributed by atoms with van der Waals surface area (Å²) >= 11 is 0. The third-order valence-electron chi connectivity index (χ3n) is 3.17. The van der Waals surface area contributed by atoms with Gasteiger partial charge in [0.2, 0.25) is 12.7 Å². The van der Waals surface area contributed by atoms with Crippen molar-refractivity contribution < 1.29 is 14.4 Å². The Morgan fingerprint density at radius 3 is 2.92 bits per heavy atom. The van der Waals surface area contributed by atoms with Gasteiger partial charge in [-0.2, -0.15) is 10.1 Å². The van der Waals surface area contributed by atoms with E-state index in [0.29, 0.717) is 17.2 Å². The maximum atomic E-state index is 10.9. The number of nitro groups is 1. The first-order valence-electron chi connectivity index (χ1n) is 6.48. The molecular weight excluding hydrogens is 342 g/mol. The van der Waals surface area contributed by atoms with Gasteiger partial charge in [-0.05, 0) is 12.1 Å². The summed E-state index contributed by atoms with van der Waals surface area (Å²) in [5, 5.41) is 26.6. The Balaban J connectivity index is 0.00000169.